The van der Waals surface area contributed by atoms with Gasteiger partial charge in [0.25, 0.3) is 0 Å². The molecule has 0 saturated carbocycles. The lowest BCUT2D eigenvalue weighted by molar-refractivity contribution is 0.302. The lowest BCUT2D eigenvalue weighted by Gasteiger charge is -2.09. The Hall–Kier alpha value is -0.840. The summed E-state index contributed by atoms with van der Waals surface area (Å²) < 4.78 is 19.3. The second kappa shape index (κ2) is 5.87. The number of ether oxygens (including phenoxy) is 1. The predicted octanol–water partition coefficient (Wildman–Crippen LogP) is 4.87. The lowest BCUT2D eigenvalue weighted by atomic mass is 10.3. The van der Waals surface area contributed by atoms with Crippen molar-refractivity contribution in [1.82, 2.24) is 4.98 Å². The molecule has 0 radical (unpaired) electrons. The van der Waals surface area contributed by atoms with E-state index in [1.807, 2.05) is 0 Å². The molecule has 6 heteroatoms. The molecule has 0 spiro atoms. The van der Waals surface area contributed by atoms with Crippen molar-refractivity contribution < 1.29 is 9.13 Å². The third-order valence-corrected chi connectivity index (χ3v) is 3.29. The number of hydrogen-bond acceptors (Lipinski definition) is 2. The number of rotatable bonds is 3. The molecule has 1 heterocycles. The fourth-order valence-electron chi connectivity index (χ4n) is 1.27. The summed E-state index contributed by atoms with van der Waals surface area (Å²) in [5, 5.41) is 0.458. The van der Waals surface area contributed by atoms with Crippen LogP contribution in [0.1, 0.15) is 5.56 Å². The molecule has 1 aromatic carbocycles. The first-order valence-corrected chi connectivity index (χ1v) is 6.49. The molecule has 18 heavy (non-hydrogen) atoms. The van der Waals surface area contributed by atoms with E-state index in [0.29, 0.717) is 15.4 Å². The highest BCUT2D eigenvalue weighted by atomic mass is 79.9. The smallest absolute Gasteiger partial charge is 0.145 e. The van der Waals surface area contributed by atoms with Gasteiger partial charge in [-0.05, 0) is 28.1 Å². The number of nitrogens with zero attached hydrogens (tertiary/aromatic N) is 1. The Labute approximate surface area is 122 Å². The average Bonchev–Trinajstić information content (AvgIpc) is 2.34. The number of pyridine rings is 1. The first kappa shape index (κ1) is 13.6. The van der Waals surface area contributed by atoms with Crippen molar-refractivity contribution in [2.24, 2.45) is 0 Å². The molecular weight excluding hydrogens is 344 g/mol. The summed E-state index contributed by atoms with van der Waals surface area (Å²) in [6.07, 6.45) is 1.60. The molecule has 0 saturated heterocycles. The summed E-state index contributed by atoms with van der Waals surface area (Å²) >= 11 is 14.6. The zero-order valence-electron chi connectivity index (χ0n) is 8.96. The van der Waals surface area contributed by atoms with Crippen LogP contribution < -0.4 is 4.74 Å². The van der Waals surface area contributed by atoms with Crippen LogP contribution in [0.5, 0.6) is 5.75 Å². The molecule has 0 fully saturated rings. The minimum Gasteiger partial charge on any atom is -0.488 e. The van der Waals surface area contributed by atoms with E-state index in [9.17, 15) is 4.39 Å². The summed E-state index contributed by atoms with van der Waals surface area (Å²) in [7, 11) is 0. The highest BCUT2D eigenvalue weighted by Crippen LogP contribution is 2.31. The van der Waals surface area contributed by atoms with Gasteiger partial charge in [-0.25, -0.2) is 9.37 Å². The number of hydrogen-bond donors (Lipinski definition) is 0. The van der Waals surface area contributed by atoms with E-state index >= 15 is 0 Å². The van der Waals surface area contributed by atoms with Crippen LogP contribution in [-0.2, 0) is 6.61 Å². The van der Waals surface area contributed by atoms with E-state index < -0.39 is 5.82 Å². The minimum absolute atomic E-state index is 0.0439. The molecule has 0 N–H and O–H groups in total. The SMILES string of the molecule is Fc1cc(OCc2ccc(Cl)nc2)c(Br)cc1Cl. The monoisotopic (exact) mass is 349 g/mol. The van der Waals surface area contributed by atoms with Gasteiger partial charge in [0.15, 0.2) is 0 Å². The topological polar surface area (TPSA) is 22.1 Å². The van der Waals surface area contributed by atoms with Crippen molar-refractivity contribution in [2.45, 2.75) is 6.61 Å². The van der Waals surface area contributed by atoms with Crippen LogP contribution in [0.3, 0.4) is 0 Å². The maximum Gasteiger partial charge on any atom is 0.145 e. The molecule has 0 aliphatic rings. The van der Waals surface area contributed by atoms with Crippen molar-refractivity contribution in [2.75, 3.05) is 0 Å². The fraction of sp³-hybridized carbons (Fsp3) is 0.0833. The largest absolute Gasteiger partial charge is 0.488 e. The molecule has 0 atom stereocenters. The van der Waals surface area contributed by atoms with Gasteiger partial charge in [-0.3, -0.25) is 0 Å². The van der Waals surface area contributed by atoms with Gasteiger partial charge < -0.3 is 4.74 Å². The third-order valence-electron chi connectivity index (χ3n) is 2.16. The zero-order valence-corrected chi connectivity index (χ0v) is 12.1. The van der Waals surface area contributed by atoms with Crippen molar-refractivity contribution in [1.29, 1.82) is 0 Å². The Morgan fingerprint density at radius 1 is 1.28 bits per heavy atom. The van der Waals surface area contributed by atoms with Crippen molar-refractivity contribution in [3.05, 3.63) is 56.5 Å². The minimum atomic E-state index is -0.524. The van der Waals surface area contributed by atoms with Crippen molar-refractivity contribution in [3.63, 3.8) is 0 Å². The molecule has 0 aliphatic heterocycles. The molecule has 2 rings (SSSR count). The second-order valence-electron chi connectivity index (χ2n) is 3.47. The molecule has 0 bridgehead atoms. The quantitative estimate of drug-likeness (QED) is 0.582. The maximum absolute atomic E-state index is 13.3. The highest BCUT2D eigenvalue weighted by Gasteiger charge is 2.08. The van der Waals surface area contributed by atoms with Gasteiger partial charge in [-0.2, -0.15) is 0 Å². The van der Waals surface area contributed by atoms with Gasteiger partial charge in [-0.1, -0.05) is 29.3 Å². The molecule has 0 unspecified atom stereocenters. The van der Waals surface area contributed by atoms with Crippen LogP contribution in [0.4, 0.5) is 4.39 Å². The van der Waals surface area contributed by atoms with E-state index in [1.54, 1.807) is 18.3 Å². The standard InChI is InChI=1S/C12H7BrCl2FNO/c13-8-3-9(14)10(16)4-11(8)18-6-7-1-2-12(15)17-5-7/h1-5H,6H2. The third kappa shape index (κ3) is 3.34. The van der Waals surface area contributed by atoms with Crippen LogP contribution in [0, 0.1) is 5.82 Å². The van der Waals surface area contributed by atoms with Gasteiger partial charge in [0.2, 0.25) is 0 Å². The van der Waals surface area contributed by atoms with Crippen LogP contribution in [-0.4, -0.2) is 4.98 Å². The van der Waals surface area contributed by atoms with E-state index in [0.717, 1.165) is 5.56 Å². The Kier molecular flexibility index (Phi) is 4.43. The van der Waals surface area contributed by atoms with Gasteiger partial charge in [-0.15, -0.1) is 0 Å². The Bertz CT molecular complexity index is 563. The van der Waals surface area contributed by atoms with Gasteiger partial charge in [0.05, 0.1) is 9.50 Å². The Morgan fingerprint density at radius 3 is 2.72 bits per heavy atom. The summed E-state index contributed by atoms with van der Waals surface area (Å²) in [5.74, 6) is -0.143. The molecule has 94 valence electrons. The zero-order chi connectivity index (χ0) is 13.1. The van der Waals surface area contributed by atoms with Gasteiger partial charge in [0, 0.05) is 17.8 Å². The summed E-state index contributed by atoms with van der Waals surface area (Å²) in [6, 6.07) is 6.13. The highest BCUT2D eigenvalue weighted by molar-refractivity contribution is 9.10. The predicted molar refractivity (Wildman–Crippen MR) is 72.7 cm³/mol. The van der Waals surface area contributed by atoms with Crippen LogP contribution >= 0.6 is 39.1 Å². The first-order valence-electron chi connectivity index (χ1n) is 4.94. The number of benzene rings is 1. The van der Waals surface area contributed by atoms with Crippen molar-refractivity contribution >= 4 is 39.1 Å². The summed E-state index contributed by atoms with van der Waals surface area (Å²) in [5.41, 5.74) is 0.835. The van der Waals surface area contributed by atoms with Crippen LogP contribution in [0.2, 0.25) is 10.2 Å². The molecule has 2 nitrogen and oxygen atoms in total. The molecule has 0 aliphatic carbocycles. The van der Waals surface area contributed by atoms with E-state index in [-0.39, 0.29) is 11.6 Å². The Balaban J connectivity index is 2.10. The summed E-state index contributed by atoms with van der Waals surface area (Å²) in [6.45, 7) is 0.268. The first-order chi connectivity index (χ1) is 8.56. The number of aromatic nitrogens is 1. The summed E-state index contributed by atoms with van der Waals surface area (Å²) in [4.78, 5) is 3.92. The average molecular weight is 351 g/mol. The van der Waals surface area contributed by atoms with Gasteiger partial charge >= 0.3 is 0 Å². The molecule has 2 aromatic rings. The van der Waals surface area contributed by atoms with Crippen LogP contribution in [0.25, 0.3) is 0 Å². The van der Waals surface area contributed by atoms with Crippen molar-refractivity contribution in [3.8, 4) is 5.75 Å². The normalized spacial score (nSPS) is 10.4. The van der Waals surface area contributed by atoms with E-state index in [4.69, 9.17) is 27.9 Å². The second-order valence-corrected chi connectivity index (χ2v) is 5.12. The molecule has 1 aromatic heterocycles. The Morgan fingerprint density at radius 2 is 2.06 bits per heavy atom. The molecular formula is C12H7BrCl2FNO. The fourth-order valence-corrected chi connectivity index (χ4v) is 2.13. The van der Waals surface area contributed by atoms with Gasteiger partial charge in [0.1, 0.15) is 23.3 Å². The van der Waals surface area contributed by atoms with Crippen LogP contribution in [0.15, 0.2) is 34.9 Å². The van der Waals surface area contributed by atoms with E-state index in [2.05, 4.69) is 20.9 Å². The lowest BCUT2D eigenvalue weighted by Crippen LogP contribution is -1.97. The molecule has 0 amide bonds. The maximum atomic E-state index is 13.3. The number of halogens is 4. The van der Waals surface area contributed by atoms with E-state index in [1.165, 1.54) is 12.1 Å².